The smallest absolute Gasteiger partial charge is 0.207 e. The van der Waals surface area contributed by atoms with Crippen LogP contribution in [0.25, 0.3) is 0 Å². The predicted molar refractivity (Wildman–Crippen MR) is 138 cm³/mol. The number of carbonyl (C=O) groups excluding carboxylic acids is 2. The third-order valence-electron chi connectivity index (χ3n) is 5.35. The van der Waals surface area contributed by atoms with E-state index in [0.717, 1.165) is 0 Å². The molecule has 1 aromatic heterocycles. The number of hydrogen-bond acceptors (Lipinski definition) is 6. The summed E-state index contributed by atoms with van der Waals surface area (Å²) in [4.78, 5) is 21.1. The Balaban J connectivity index is 0.000000350. The van der Waals surface area contributed by atoms with Gasteiger partial charge in [-0.1, -0.05) is 57.5 Å². The number of ketones is 1. The van der Waals surface area contributed by atoms with Crippen LogP contribution in [-0.2, 0) is 23.8 Å². The van der Waals surface area contributed by atoms with E-state index in [1.807, 2.05) is 24.7 Å². The standard InChI is InChI=1S/C15H20N2.C12H23NO5/c1-11(2)15-9-16-17(10-15)13(4)14-7-5-12(3)6-8-14;1-11(2)12(15)9-18-8-7-17-6-5-16-4-3-13-10-14/h5-11,13H,1-4H3;10-11H,3-9H2,1-2H3,(H,13,14). The van der Waals surface area contributed by atoms with Crippen molar-refractivity contribution in [2.75, 3.05) is 46.2 Å². The largest absolute Gasteiger partial charge is 0.377 e. The summed E-state index contributed by atoms with van der Waals surface area (Å²) in [5, 5.41) is 6.94. The Morgan fingerprint density at radius 2 is 1.54 bits per heavy atom. The van der Waals surface area contributed by atoms with E-state index in [9.17, 15) is 9.59 Å². The molecule has 2 rings (SSSR count). The fourth-order valence-corrected chi connectivity index (χ4v) is 2.83. The Morgan fingerprint density at radius 3 is 2.09 bits per heavy atom. The van der Waals surface area contributed by atoms with Crippen LogP contribution in [-0.4, -0.2) is 68.2 Å². The van der Waals surface area contributed by atoms with Crippen molar-refractivity contribution in [3.8, 4) is 0 Å². The number of amides is 1. The average Bonchev–Trinajstić information content (AvgIpc) is 3.33. The number of rotatable bonds is 16. The molecule has 2 aromatic rings. The highest BCUT2D eigenvalue weighted by molar-refractivity contribution is 5.81. The molecular formula is C27H43N3O5. The third kappa shape index (κ3) is 13.2. The number of aromatic nitrogens is 2. The highest BCUT2D eigenvalue weighted by Crippen LogP contribution is 2.20. The number of Topliss-reactive ketones (excluding diaryl/α,β-unsaturated/α-hetero) is 1. The topological polar surface area (TPSA) is 91.7 Å². The van der Waals surface area contributed by atoms with Crippen molar-refractivity contribution < 1.29 is 23.8 Å². The third-order valence-corrected chi connectivity index (χ3v) is 5.35. The number of aryl methyl sites for hydroxylation is 1. The lowest BCUT2D eigenvalue weighted by Gasteiger charge is -2.12. The number of benzene rings is 1. The van der Waals surface area contributed by atoms with Crippen molar-refractivity contribution in [2.24, 2.45) is 5.92 Å². The van der Waals surface area contributed by atoms with Crippen LogP contribution in [0.5, 0.6) is 0 Å². The molecule has 1 aromatic carbocycles. The van der Waals surface area contributed by atoms with Gasteiger partial charge < -0.3 is 19.5 Å². The highest BCUT2D eigenvalue weighted by Gasteiger charge is 2.10. The van der Waals surface area contributed by atoms with E-state index in [1.54, 1.807) is 0 Å². The van der Waals surface area contributed by atoms with Crippen LogP contribution in [0.15, 0.2) is 36.7 Å². The predicted octanol–water partition coefficient (Wildman–Crippen LogP) is 3.93. The summed E-state index contributed by atoms with van der Waals surface area (Å²) >= 11 is 0. The van der Waals surface area contributed by atoms with Crippen molar-refractivity contribution in [2.45, 2.75) is 53.5 Å². The minimum absolute atomic E-state index is 0.0132. The molecule has 0 fully saturated rings. The second-order valence-corrected chi connectivity index (χ2v) is 8.97. The summed E-state index contributed by atoms with van der Waals surface area (Å²) in [5.74, 6) is 0.647. The van der Waals surface area contributed by atoms with Crippen LogP contribution in [0.3, 0.4) is 0 Å². The van der Waals surface area contributed by atoms with Gasteiger partial charge in [0, 0.05) is 18.7 Å². The fourth-order valence-electron chi connectivity index (χ4n) is 2.83. The Hall–Kier alpha value is -2.55. The summed E-state index contributed by atoms with van der Waals surface area (Å²) in [5.41, 5.74) is 3.89. The van der Waals surface area contributed by atoms with Gasteiger partial charge in [-0.3, -0.25) is 14.3 Å². The molecule has 35 heavy (non-hydrogen) atoms. The monoisotopic (exact) mass is 489 g/mol. The molecule has 1 heterocycles. The number of carbonyl (C=O) groups is 2. The van der Waals surface area contributed by atoms with Gasteiger partial charge in [0.1, 0.15) is 6.61 Å². The molecule has 0 aliphatic rings. The van der Waals surface area contributed by atoms with Crippen LogP contribution in [0, 0.1) is 12.8 Å². The van der Waals surface area contributed by atoms with E-state index in [1.165, 1.54) is 16.7 Å². The van der Waals surface area contributed by atoms with Gasteiger partial charge in [-0.2, -0.15) is 5.10 Å². The van der Waals surface area contributed by atoms with Crippen LogP contribution in [0.4, 0.5) is 0 Å². The van der Waals surface area contributed by atoms with Crippen LogP contribution >= 0.6 is 0 Å². The lowest BCUT2D eigenvalue weighted by molar-refractivity contribution is -0.127. The Kier molecular flexibility index (Phi) is 15.5. The highest BCUT2D eigenvalue weighted by atomic mass is 16.5. The van der Waals surface area contributed by atoms with Gasteiger partial charge in [0.15, 0.2) is 5.78 Å². The lowest BCUT2D eigenvalue weighted by Crippen LogP contribution is -2.19. The zero-order valence-corrected chi connectivity index (χ0v) is 22.2. The molecule has 196 valence electrons. The van der Waals surface area contributed by atoms with Gasteiger partial charge in [-0.25, -0.2) is 0 Å². The normalized spacial score (nSPS) is 11.8. The minimum atomic E-state index is 0.0132. The van der Waals surface area contributed by atoms with Crippen molar-refractivity contribution in [3.05, 3.63) is 53.3 Å². The number of hydrogen-bond donors (Lipinski definition) is 1. The first-order chi connectivity index (χ1) is 16.8. The van der Waals surface area contributed by atoms with Crippen LogP contribution in [0.2, 0.25) is 0 Å². The van der Waals surface area contributed by atoms with Gasteiger partial charge in [0.05, 0.1) is 45.3 Å². The maximum atomic E-state index is 11.2. The molecular weight excluding hydrogens is 446 g/mol. The fraction of sp³-hybridized carbons (Fsp3) is 0.593. The lowest BCUT2D eigenvalue weighted by atomic mass is 10.1. The quantitative estimate of drug-likeness (QED) is 0.284. The molecule has 8 nitrogen and oxygen atoms in total. The maximum absolute atomic E-state index is 11.2. The van der Waals surface area contributed by atoms with E-state index < -0.39 is 0 Å². The molecule has 1 N–H and O–H groups in total. The summed E-state index contributed by atoms with van der Waals surface area (Å²) in [6, 6.07) is 8.95. The van der Waals surface area contributed by atoms with Crippen molar-refractivity contribution in [3.63, 3.8) is 0 Å². The van der Waals surface area contributed by atoms with Crippen molar-refractivity contribution >= 4 is 12.2 Å². The molecule has 0 radical (unpaired) electrons. The van der Waals surface area contributed by atoms with E-state index in [2.05, 4.69) is 68.6 Å². The van der Waals surface area contributed by atoms with E-state index in [-0.39, 0.29) is 18.3 Å². The molecule has 0 saturated carbocycles. The molecule has 1 amide bonds. The summed E-state index contributed by atoms with van der Waals surface area (Å²) in [6.45, 7) is 15.3. The Labute approximate surface area is 210 Å². The zero-order valence-electron chi connectivity index (χ0n) is 22.2. The molecule has 0 bridgehead atoms. The number of nitrogens with one attached hydrogen (secondary N) is 1. The van der Waals surface area contributed by atoms with E-state index >= 15 is 0 Å². The van der Waals surface area contributed by atoms with Crippen LogP contribution < -0.4 is 5.32 Å². The number of nitrogens with zero attached hydrogens (tertiary/aromatic N) is 2. The zero-order chi connectivity index (χ0) is 26.1. The first kappa shape index (κ1) is 30.5. The average molecular weight is 490 g/mol. The van der Waals surface area contributed by atoms with Gasteiger partial charge >= 0.3 is 0 Å². The van der Waals surface area contributed by atoms with Crippen molar-refractivity contribution in [1.82, 2.24) is 15.1 Å². The van der Waals surface area contributed by atoms with E-state index in [0.29, 0.717) is 57.9 Å². The molecule has 0 aliphatic heterocycles. The van der Waals surface area contributed by atoms with Gasteiger partial charge in [-0.05, 0) is 30.9 Å². The van der Waals surface area contributed by atoms with Gasteiger partial charge in [0.25, 0.3) is 0 Å². The summed E-state index contributed by atoms with van der Waals surface area (Å²) in [6.07, 6.45) is 4.75. The Bertz CT molecular complexity index is 834. The molecule has 8 heteroatoms. The Morgan fingerprint density at radius 1 is 0.943 bits per heavy atom. The first-order valence-electron chi connectivity index (χ1n) is 12.3. The van der Waals surface area contributed by atoms with E-state index in [4.69, 9.17) is 14.2 Å². The number of ether oxygens (including phenoxy) is 3. The molecule has 0 aliphatic carbocycles. The molecule has 0 saturated heterocycles. The molecule has 1 unspecified atom stereocenters. The SMILES string of the molecule is CC(C)C(=O)COCCOCCOCCNC=O.Cc1ccc(C(C)n2cc(C(C)C)cn2)cc1. The van der Waals surface area contributed by atoms with Crippen molar-refractivity contribution in [1.29, 1.82) is 0 Å². The summed E-state index contributed by atoms with van der Waals surface area (Å²) < 4.78 is 17.6. The van der Waals surface area contributed by atoms with Crippen LogP contribution in [0.1, 0.15) is 63.3 Å². The summed E-state index contributed by atoms with van der Waals surface area (Å²) in [7, 11) is 0. The minimum Gasteiger partial charge on any atom is -0.377 e. The first-order valence-corrected chi connectivity index (χ1v) is 12.3. The maximum Gasteiger partial charge on any atom is 0.207 e. The van der Waals surface area contributed by atoms with Gasteiger partial charge in [-0.15, -0.1) is 0 Å². The molecule has 1 atom stereocenters. The molecule has 0 spiro atoms. The van der Waals surface area contributed by atoms with Gasteiger partial charge in [0.2, 0.25) is 6.41 Å². The second kappa shape index (κ2) is 17.8. The second-order valence-electron chi connectivity index (χ2n) is 8.97.